The van der Waals surface area contributed by atoms with Gasteiger partial charge in [-0.3, -0.25) is 9.59 Å². The summed E-state index contributed by atoms with van der Waals surface area (Å²) in [5.41, 5.74) is 0. The van der Waals surface area contributed by atoms with Gasteiger partial charge in [-0.2, -0.15) is 0 Å². The number of quaternary nitrogens is 1. The molecule has 0 rings (SSSR count). The quantitative estimate of drug-likeness (QED) is 0.0211. The molecular formula is C86H156NO8+. The van der Waals surface area contributed by atoms with Gasteiger partial charge in [0, 0.05) is 12.8 Å². The van der Waals surface area contributed by atoms with Gasteiger partial charge >= 0.3 is 17.9 Å². The van der Waals surface area contributed by atoms with Gasteiger partial charge in [-0.05, 0) is 89.9 Å². The summed E-state index contributed by atoms with van der Waals surface area (Å²) in [7, 11) is 5.99. The number of carboxylic acid groups (broad SMARTS) is 1. The molecular weight excluding hydrogens is 1170 g/mol. The molecule has 0 fully saturated rings. The summed E-state index contributed by atoms with van der Waals surface area (Å²) in [6.07, 6.45) is 102. The second-order valence-electron chi connectivity index (χ2n) is 28.7. The Morgan fingerprint density at radius 3 is 0.895 bits per heavy atom. The number of carbonyl (C=O) groups is 3. The van der Waals surface area contributed by atoms with E-state index < -0.39 is 18.4 Å². The Balaban J connectivity index is 3.97. The monoisotopic (exact) mass is 1330 g/mol. The van der Waals surface area contributed by atoms with Crippen LogP contribution >= 0.6 is 0 Å². The SMILES string of the molecule is CC/C=C\C/C=C\C/C=C\C/C=C\CCCCCCCCCCCCCCCCCCCCCCCCCCCCC(=O)OC(COC(=O)CCCCCCCCCCCCCCCCCC/C=C\C/C=C\C/C=C\CCCCCCC)COC(OCC[N+](C)(C)C)C(=O)O. The molecule has 0 spiro atoms. The predicted octanol–water partition coefficient (Wildman–Crippen LogP) is 26.2. The van der Waals surface area contributed by atoms with E-state index in [1.54, 1.807) is 0 Å². The average molecular weight is 1330 g/mol. The molecule has 0 saturated carbocycles. The van der Waals surface area contributed by atoms with Crippen molar-refractivity contribution in [2.24, 2.45) is 0 Å². The van der Waals surface area contributed by atoms with Crippen LogP contribution in [0.5, 0.6) is 0 Å². The highest BCUT2D eigenvalue weighted by molar-refractivity contribution is 5.71. The summed E-state index contributed by atoms with van der Waals surface area (Å²) in [6.45, 7) is 4.81. The molecule has 0 amide bonds. The number of aliphatic carboxylic acids is 1. The number of hydrogen-bond donors (Lipinski definition) is 1. The summed E-state index contributed by atoms with van der Waals surface area (Å²) in [5.74, 6) is -1.98. The maximum Gasteiger partial charge on any atom is 0.361 e. The maximum absolute atomic E-state index is 13.0. The summed E-state index contributed by atoms with van der Waals surface area (Å²) in [6, 6.07) is 0. The van der Waals surface area contributed by atoms with Crippen LogP contribution in [0, 0.1) is 0 Å². The van der Waals surface area contributed by atoms with Crippen molar-refractivity contribution >= 4 is 17.9 Å². The second-order valence-corrected chi connectivity index (χ2v) is 28.7. The lowest BCUT2D eigenvalue weighted by molar-refractivity contribution is -0.870. The van der Waals surface area contributed by atoms with Crippen LogP contribution in [-0.2, 0) is 33.3 Å². The van der Waals surface area contributed by atoms with Gasteiger partial charge in [-0.15, -0.1) is 0 Å². The third-order valence-corrected chi connectivity index (χ3v) is 18.1. The number of likely N-dealkylation sites (N-methyl/N-ethyl adjacent to an activating group) is 1. The van der Waals surface area contributed by atoms with E-state index in [-0.39, 0.29) is 38.2 Å². The highest BCUT2D eigenvalue weighted by Gasteiger charge is 2.25. The summed E-state index contributed by atoms with van der Waals surface area (Å²) in [4.78, 5) is 37.8. The van der Waals surface area contributed by atoms with E-state index in [0.29, 0.717) is 17.4 Å². The first kappa shape index (κ1) is 91.5. The second kappa shape index (κ2) is 76.2. The van der Waals surface area contributed by atoms with Crippen LogP contribution in [0.4, 0.5) is 0 Å². The van der Waals surface area contributed by atoms with Gasteiger partial charge in [0.1, 0.15) is 13.2 Å². The molecule has 9 heteroatoms. The number of allylic oxidation sites excluding steroid dienone is 14. The molecule has 0 radical (unpaired) electrons. The van der Waals surface area contributed by atoms with E-state index in [1.807, 2.05) is 21.1 Å². The number of rotatable bonds is 76. The fourth-order valence-electron chi connectivity index (χ4n) is 12.0. The summed E-state index contributed by atoms with van der Waals surface area (Å²) in [5, 5.41) is 9.78. The Hall–Kier alpha value is -3.53. The van der Waals surface area contributed by atoms with Gasteiger partial charge in [0.05, 0.1) is 34.4 Å². The van der Waals surface area contributed by atoms with Crippen molar-refractivity contribution in [2.75, 3.05) is 47.5 Å². The molecule has 0 aromatic rings. The van der Waals surface area contributed by atoms with Crippen LogP contribution in [0.25, 0.3) is 0 Å². The van der Waals surface area contributed by atoms with Crippen molar-refractivity contribution in [1.29, 1.82) is 0 Å². The van der Waals surface area contributed by atoms with E-state index in [0.717, 1.165) is 77.0 Å². The fraction of sp³-hybridized carbons (Fsp3) is 0.802. The fourth-order valence-corrected chi connectivity index (χ4v) is 12.0. The number of carbonyl (C=O) groups excluding carboxylic acids is 2. The average Bonchev–Trinajstić information content (AvgIpc) is 2.92. The molecule has 0 aliphatic carbocycles. The molecule has 0 aliphatic heterocycles. The first-order chi connectivity index (χ1) is 46.6. The Labute approximate surface area is 589 Å². The molecule has 552 valence electrons. The Kier molecular flexibility index (Phi) is 73.4. The van der Waals surface area contributed by atoms with Gasteiger partial charge in [0.25, 0.3) is 6.29 Å². The molecule has 2 atom stereocenters. The molecule has 9 nitrogen and oxygen atoms in total. The molecule has 0 aliphatic rings. The van der Waals surface area contributed by atoms with Crippen molar-refractivity contribution in [3.05, 3.63) is 85.1 Å². The number of hydrogen-bond acceptors (Lipinski definition) is 7. The minimum atomic E-state index is -1.51. The predicted molar refractivity (Wildman–Crippen MR) is 410 cm³/mol. The van der Waals surface area contributed by atoms with Crippen LogP contribution in [0.1, 0.15) is 386 Å². The normalized spacial score (nSPS) is 13.1. The van der Waals surface area contributed by atoms with Crippen LogP contribution in [-0.4, -0.2) is 87.4 Å². The Morgan fingerprint density at radius 2 is 0.600 bits per heavy atom. The smallest absolute Gasteiger partial charge is 0.361 e. The maximum atomic E-state index is 13.0. The first-order valence-corrected chi connectivity index (χ1v) is 40.8. The van der Waals surface area contributed by atoms with Gasteiger partial charge in [-0.1, -0.05) is 369 Å². The zero-order chi connectivity index (χ0) is 69.0. The molecule has 1 N–H and O–H groups in total. The van der Waals surface area contributed by atoms with E-state index >= 15 is 0 Å². The number of ether oxygens (including phenoxy) is 4. The van der Waals surface area contributed by atoms with Crippen molar-refractivity contribution in [3.8, 4) is 0 Å². The van der Waals surface area contributed by atoms with Crippen LogP contribution < -0.4 is 0 Å². The minimum Gasteiger partial charge on any atom is -0.477 e. The minimum absolute atomic E-state index is 0.179. The number of carboxylic acids is 1. The van der Waals surface area contributed by atoms with Crippen LogP contribution in [0.15, 0.2) is 85.1 Å². The molecule has 0 aromatic carbocycles. The first-order valence-electron chi connectivity index (χ1n) is 40.8. The van der Waals surface area contributed by atoms with Crippen molar-refractivity contribution in [3.63, 3.8) is 0 Å². The van der Waals surface area contributed by atoms with E-state index in [9.17, 15) is 19.5 Å². The van der Waals surface area contributed by atoms with Crippen LogP contribution in [0.2, 0.25) is 0 Å². The molecule has 0 bridgehead atoms. The van der Waals surface area contributed by atoms with Gasteiger partial charge in [0.15, 0.2) is 6.10 Å². The van der Waals surface area contributed by atoms with Gasteiger partial charge in [0.2, 0.25) is 0 Å². The molecule has 0 saturated heterocycles. The lowest BCUT2D eigenvalue weighted by atomic mass is 10.0. The molecule has 95 heavy (non-hydrogen) atoms. The highest BCUT2D eigenvalue weighted by atomic mass is 16.7. The lowest BCUT2D eigenvalue weighted by Crippen LogP contribution is -2.40. The third kappa shape index (κ3) is 77.7. The van der Waals surface area contributed by atoms with Gasteiger partial charge < -0.3 is 28.5 Å². The molecule has 0 aromatic heterocycles. The van der Waals surface area contributed by atoms with E-state index in [4.69, 9.17) is 18.9 Å². The summed E-state index contributed by atoms with van der Waals surface area (Å²) < 4.78 is 23.1. The van der Waals surface area contributed by atoms with Crippen LogP contribution in [0.3, 0.4) is 0 Å². The van der Waals surface area contributed by atoms with Crippen molar-refractivity contribution < 1.29 is 42.9 Å². The zero-order valence-electron chi connectivity index (χ0n) is 63.3. The van der Waals surface area contributed by atoms with E-state index in [1.165, 1.54) is 283 Å². The Bertz CT molecular complexity index is 1840. The topological polar surface area (TPSA) is 108 Å². The summed E-state index contributed by atoms with van der Waals surface area (Å²) >= 11 is 0. The standard InChI is InChI=1S/C86H155NO8/c1-6-8-10-12-14-16-18-20-22-24-26-28-30-32-34-36-38-39-40-41-42-43-44-45-47-49-51-53-55-57-59-61-63-65-67-69-71-73-75-77-84(89)95-82(81-94-86(85(90)91)92-79-78-87(3,4)5)80-93-83(88)76-74-72-70-68-66-64-62-60-58-56-54-52-50-48-46-37-35-33-31-29-27-25-23-21-19-17-15-13-11-9-7-2/h8,10,14,16,19-22,25-28,31,33,82,86H,6-7,9,11-13,15,17-18,23-24,29-30,32,34-81H2,1-5H3/p+1/b10-8-,16-14-,21-19-,22-20-,27-25-,28-26-,33-31-. The number of nitrogens with zero attached hydrogens (tertiary/aromatic N) is 1. The Morgan fingerprint density at radius 1 is 0.326 bits per heavy atom. The van der Waals surface area contributed by atoms with Crippen molar-refractivity contribution in [2.45, 2.75) is 399 Å². The zero-order valence-corrected chi connectivity index (χ0v) is 63.3. The largest absolute Gasteiger partial charge is 0.477 e. The lowest BCUT2D eigenvalue weighted by Gasteiger charge is -2.25. The number of unbranched alkanes of at least 4 members (excludes halogenated alkanes) is 47. The number of esters is 2. The highest BCUT2D eigenvalue weighted by Crippen LogP contribution is 2.19. The van der Waals surface area contributed by atoms with E-state index in [2.05, 4.69) is 98.9 Å². The van der Waals surface area contributed by atoms with Gasteiger partial charge in [-0.25, -0.2) is 4.79 Å². The van der Waals surface area contributed by atoms with Crippen molar-refractivity contribution in [1.82, 2.24) is 0 Å². The molecule has 2 unspecified atom stereocenters. The third-order valence-electron chi connectivity index (χ3n) is 18.1. The molecule has 0 heterocycles.